The van der Waals surface area contributed by atoms with E-state index in [1.54, 1.807) is 60.6 Å². The van der Waals surface area contributed by atoms with Gasteiger partial charge in [-0.05, 0) is 118 Å². The molecule has 0 aliphatic carbocycles. The second-order valence-electron chi connectivity index (χ2n) is 28.5. The largest absolute Gasteiger partial charge is 0.478 e. The molecule has 11 amide bonds. The monoisotopic (exact) mass is 1340 g/mol. The lowest BCUT2D eigenvalue weighted by Crippen LogP contribution is -2.64. The molecule has 1 aromatic rings. The summed E-state index contributed by atoms with van der Waals surface area (Å²) < 4.78 is 0. The van der Waals surface area contributed by atoms with E-state index >= 15 is 28.8 Å². The van der Waals surface area contributed by atoms with E-state index in [0.29, 0.717) is 5.56 Å². The maximum absolute atomic E-state index is 15.4. The second kappa shape index (κ2) is 37.7. The molecule has 536 valence electrons. The van der Waals surface area contributed by atoms with Crippen molar-refractivity contribution in [2.75, 3.05) is 49.3 Å². The molecule has 1 aliphatic heterocycles. The van der Waals surface area contributed by atoms with Crippen LogP contribution in [0.25, 0.3) is 0 Å². The van der Waals surface area contributed by atoms with Gasteiger partial charge in [0.25, 0.3) is 0 Å². The molecule has 25 heteroatoms. The highest BCUT2D eigenvalue weighted by molar-refractivity contribution is 6.00. The van der Waals surface area contributed by atoms with Gasteiger partial charge in [-0.2, -0.15) is 0 Å². The summed E-state index contributed by atoms with van der Waals surface area (Å²) >= 11 is 0. The van der Waals surface area contributed by atoms with Gasteiger partial charge in [-0.25, -0.2) is 4.79 Å². The van der Waals surface area contributed by atoms with Gasteiger partial charge in [0.05, 0.1) is 11.7 Å². The number of nitrogens with one attached hydrogen (secondary N) is 4. The summed E-state index contributed by atoms with van der Waals surface area (Å²) in [4.78, 5) is 185. The molecule has 6 N–H and O–H groups in total. The number of allylic oxidation sites excluding steroid dienone is 2. The van der Waals surface area contributed by atoms with Crippen molar-refractivity contribution in [1.29, 1.82) is 0 Å². The summed E-state index contributed by atoms with van der Waals surface area (Å²) in [6.45, 7) is 29.6. The molecule has 25 nitrogen and oxygen atoms in total. The standard InChI is InChI=1S/C70H117N11O14/c1-25-27-28-44(15)58(82)57-62(86)73-49(26-2)64(88)78(21)54(37-47-29-31-48(32-30-47)70(94)95)66(90)75(18)51(34-39(5)6)61(85)74-55(42(11)12)68(92)76(19)50(33-38(3)4)60(84)71-45(16)59(83)72-46(17)63(87)77(20)52(35-40(7)8)65(89)79(22)53(36-41(9)10)67(91)80(23)56(43(13)14)69(93)81(57)24/h25,27,29-32,38-46,49-58,82H,26,28,33-37H2,1-24H3,(H,71,84)(H,72,83)(H,73,86)(H,74,85)(H,94,95)/b27-25+/t44-,45+,46-,49+,50+,51+,52+,53+,54?,55+,56+,57+,58-/m1/s1. The van der Waals surface area contributed by atoms with Gasteiger partial charge in [0.15, 0.2) is 0 Å². The van der Waals surface area contributed by atoms with E-state index in [2.05, 4.69) is 21.3 Å². The third-order valence-electron chi connectivity index (χ3n) is 18.0. The Bertz CT molecular complexity index is 2840. The van der Waals surface area contributed by atoms with E-state index in [-0.39, 0.29) is 74.2 Å². The predicted octanol–water partition coefficient (Wildman–Crippen LogP) is 4.58. The van der Waals surface area contributed by atoms with Crippen LogP contribution in [0, 0.1) is 41.4 Å². The Hall–Kier alpha value is -7.44. The zero-order valence-corrected chi connectivity index (χ0v) is 61.3. The SMILES string of the molecule is C/C=C/C[C@@H](C)[C@@H](O)[C@H]1C(=O)N[C@@H](CC)C(=O)N(C)C(Cc2ccc(C(=O)O)cc2)C(=O)N(C)[C@@H](CC(C)C)C(=O)N[C@@H](C(C)C)C(=O)N(C)[C@@H](CC(C)C)C(=O)N[C@@H](C)C(=O)N[C@H](C)C(=O)N(C)[C@@H](CC(C)C)C(=O)N(C)[C@@H](CC(C)C)C(=O)N(C)[C@@H](C(C)C)C(=O)N1C. The quantitative estimate of drug-likeness (QED) is 0.110. The van der Waals surface area contributed by atoms with Crippen molar-refractivity contribution in [2.24, 2.45) is 41.4 Å². The summed E-state index contributed by atoms with van der Waals surface area (Å²) in [6, 6.07) is -8.80. The third kappa shape index (κ3) is 22.9. The molecule has 0 bridgehead atoms. The highest BCUT2D eigenvalue weighted by Gasteiger charge is 2.46. The zero-order chi connectivity index (χ0) is 73.1. The Balaban J connectivity index is 3.17. The second-order valence-corrected chi connectivity index (χ2v) is 28.5. The number of aromatic carboxylic acids is 1. The molecule has 0 radical (unpaired) electrons. The summed E-state index contributed by atoms with van der Waals surface area (Å²) in [5.41, 5.74) is 0.378. The highest BCUT2D eigenvalue weighted by Crippen LogP contribution is 2.27. The average Bonchev–Trinajstić information content (AvgIpc) is 0.810. The fraction of sp³-hybridized carbons (Fsp3) is 0.714. The molecule has 1 aromatic carbocycles. The number of benzene rings is 1. The van der Waals surface area contributed by atoms with Gasteiger partial charge in [-0.15, -0.1) is 0 Å². The first kappa shape index (κ1) is 83.6. The van der Waals surface area contributed by atoms with Crippen LogP contribution in [-0.2, 0) is 59.2 Å². The number of hydrogen-bond acceptors (Lipinski definition) is 13. The van der Waals surface area contributed by atoms with Crippen molar-refractivity contribution in [1.82, 2.24) is 55.6 Å². The molecule has 1 fully saturated rings. The number of carboxylic acids is 1. The molecule has 1 saturated heterocycles. The summed E-state index contributed by atoms with van der Waals surface area (Å²) in [5.74, 6) is -11.9. The van der Waals surface area contributed by atoms with Crippen LogP contribution in [0.1, 0.15) is 172 Å². The topological polar surface area (TPSA) is 316 Å². The number of carbonyl (C=O) groups is 12. The fourth-order valence-corrected chi connectivity index (χ4v) is 12.0. The first-order chi connectivity index (χ1) is 44.0. The molecule has 95 heavy (non-hydrogen) atoms. The lowest BCUT2D eigenvalue weighted by Gasteiger charge is -2.41. The lowest BCUT2D eigenvalue weighted by atomic mass is 9.91. The zero-order valence-electron chi connectivity index (χ0n) is 61.3. The van der Waals surface area contributed by atoms with Crippen molar-refractivity contribution in [3.05, 3.63) is 47.5 Å². The van der Waals surface area contributed by atoms with Crippen LogP contribution in [0.4, 0.5) is 0 Å². The molecule has 2 rings (SSSR count). The lowest BCUT2D eigenvalue weighted by molar-refractivity contribution is -0.157. The number of rotatable bonds is 18. The molecular weight excluding hydrogens is 1220 g/mol. The predicted molar refractivity (Wildman–Crippen MR) is 364 cm³/mol. The normalized spacial score (nSPS) is 26.0. The molecule has 0 aromatic heterocycles. The van der Waals surface area contributed by atoms with E-state index in [9.17, 15) is 39.0 Å². The van der Waals surface area contributed by atoms with Crippen molar-refractivity contribution < 1.29 is 67.7 Å². The Labute approximate surface area is 565 Å². The molecule has 13 atom stereocenters. The van der Waals surface area contributed by atoms with Crippen LogP contribution in [-0.4, -0.2) is 237 Å². The molecule has 1 aliphatic rings. The smallest absolute Gasteiger partial charge is 0.335 e. The Morgan fingerprint density at radius 1 is 0.463 bits per heavy atom. The van der Waals surface area contributed by atoms with E-state index in [1.165, 1.54) is 112 Å². The Morgan fingerprint density at radius 3 is 1.31 bits per heavy atom. The van der Waals surface area contributed by atoms with Gasteiger partial charge in [-0.1, -0.05) is 121 Å². The minimum absolute atomic E-state index is 0.0470. The number of aliphatic hydroxyl groups is 1. The minimum Gasteiger partial charge on any atom is -0.478 e. The first-order valence-corrected chi connectivity index (χ1v) is 33.7. The number of amides is 11. The van der Waals surface area contributed by atoms with Gasteiger partial charge in [-0.3, -0.25) is 52.7 Å². The van der Waals surface area contributed by atoms with E-state index in [4.69, 9.17) is 0 Å². The van der Waals surface area contributed by atoms with Crippen LogP contribution in [0.5, 0.6) is 0 Å². The van der Waals surface area contributed by atoms with Crippen LogP contribution in [0.3, 0.4) is 0 Å². The van der Waals surface area contributed by atoms with Crippen molar-refractivity contribution in [3.63, 3.8) is 0 Å². The first-order valence-electron chi connectivity index (χ1n) is 33.7. The van der Waals surface area contributed by atoms with E-state index in [0.717, 1.165) is 9.80 Å². The van der Waals surface area contributed by atoms with Gasteiger partial charge in [0, 0.05) is 55.8 Å². The van der Waals surface area contributed by atoms with E-state index in [1.807, 2.05) is 55.4 Å². The van der Waals surface area contributed by atoms with Crippen LogP contribution in [0.2, 0.25) is 0 Å². The van der Waals surface area contributed by atoms with Gasteiger partial charge in [0.2, 0.25) is 65.0 Å². The van der Waals surface area contributed by atoms with E-state index < -0.39 is 161 Å². The fourth-order valence-electron chi connectivity index (χ4n) is 12.0. The van der Waals surface area contributed by atoms with Crippen LogP contribution in [0.15, 0.2) is 36.4 Å². The van der Waals surface area contributed by atoms with Crippen LogP contribution >= 0.6 is 0 Å². The number of carboxylic acid groups (broad SMARTS) is 1. The number of likely N-dealkylation sites (N-methyl/N-ethyl adjacent to an activating group) is 7. The number of nitrogens with zero attached hydrogens (tertiary/aromatic N) is 7. The average molecular weight is 1340 g/mol. The van der Waals surface area contributed by atoms with Gasteiger partial charge in [0.1, 0.15) is 66.5 Å². The third-order valence-corrected chi connectivity index (χ3v) is 18.0. The van der Waals surface area contributed by atoms with Gasteiger partial charge >= 0.3 is 5.97 Å². The minimum atomic E-state index is -1.69. The van der Waals surface area contributed by atoms with Crippen molar-refractivity contribution >= 4 is 70.9 Å². The number of hydrogen-bond donors (Lipinski definition) is 6. The molecule has 0 saturated carbocycles. The molecule has 0 spiro atoms. The molecular formula is C70H117N11O14. The van der Waals surface area contributed by atoms with Crippen molar-refractivity contribution in [3.8, 4) is 0 Å². The molecule has 1 heterocycles. The summed E-state index contributed by atoms with van der Waals surface area (Å²) in [7, 11) is 9.79. The van der Waals surface area contributed by atoms with Crippen LogP contribution < -0.4 is 21.3 Å². The summed E-state index contributed by atoms with van der Waals surface area (Å²) in [6.07, 6.45) is 2.38. The Kier molecular flexibility index (Phi) is 33.2. The maximum atomic E-state index is 15.4. The number of aliphatic hydroxyl groups excluding tert-OH is 1. The van der Waals surface area contributed by atoms with Gasteiger partial charge < -0.3 is 65.8 Å². The molecule has 1 unspecified atom stereocenters. The maximum Gasteiger partial charge on any atom is 0.335 e. The number of carbonyl (C=O) groups excluding carboxylic acids is 11. The highest BCUT2D eigenvalue weighted by atomic mass is 16.4. The Morgan fingerprint density at radius 2 is 0.863 bits per heavy atom. The van der Waals surface area contributed by atoms with Crippen molar-refractivity contribution in [2.45, 2.75) is 235 Å². The summed E-state index contributed by atoms with van der Waals surface area (Å²) in [5, 5.41) is 33.1.